The number of nitrogens with zero attached hydrogens (tertiary/aromatic N) is 4. The van der Waals surface area contributed by atoms with E-state index in [9.17, 15) is 0 Å². The first kappa shape index (κ1) is 15.4. The van der Waals surface area contributed by atoms with Crippen LogP contribution in [0.15, 0.2) is 6.07 Å². The van der Waals surface area contributed by atoms with Crippen LogP contribution in [0.4, 0.5) is 10.9 Å². The Morgan fingerprint density at radius 1 is 1.23 bits per heavy atom. The molecule has 3 rings (SSSR count). The second-order valence-electron chi connectivity index (χ2n) is 6.14. The first-order valence-electron chi connectivity index (χ1n) is 7.76. The molecule has 2 aromatic heterocycles. The summed E-state index contributed by atoms with van der Waals surface area (Å²) in [7, 11) is 2.17. The Labute approximate surface area is 135 Å². The van der Waals surface area contributed by atoms with Crippen molar-refractivity contribution in [1.29, 1.82) is 0 Å². The molecule has 6 heteroatoms. The number of hydrogen-bond donors (Lipinski definition) is 1. The molecule has 0 radical (unpaired) electrons. The van der Waals surface area contributed by atoms with E-state index in [2.05, 4.69) is 34.2 Å². The average Bonchev–Trinajstić information content (AvgIpc) is 2.76. The van der Waals surface area contributed by atoms with Gasteiger partial charge < -0.3 is 10.2 Å². The standard InChI is InChI=1S/C16H23N5S/c1-10-8-14(20-16-18-11(2)12(3)22-16)19-15(17-10)13-6-5-7-21(4)9-13/h8,13H,5-7,9H2,1-4H3,(H,17,18,19,20). The highest BCUT2D eigenvalue weighted by Crippen LogP contribution is 2.27. The summed E-state index contributed by atoms with van der Waals surface area (Å²) < 4.78 is 0. The number of likely N-dealkylation sites (N-methyl/N-ethyl adjacent to an activating group) is 1. The zero-order chi connectivity index (χ0) is 15.7. The number of aryl methyl sites for hydroxylation is 3. The SMILES string of the molecule is Cc1cc(Nc2nc(C)c(C)s2)nc(C2CCCN(C)C2)n1. The lowest BCUT2D eigenvalue weighted by atomic mass is 9.97. The molecule has 0 saturated carbocycles. The van der Waals surface area contributed by atoms with Gasteiger partial charge in [-0.2, -0.15) is 0 Å². The lowest BCUT2D eigenvalue weighted by Crippen LogP contribution is -2.31. The summed E-state index contributed by atoms with van der Waals surface area (Å²) in [6, 6.07) is 1.99. The summed E-state index contributed by atoms with van der Waals surface area (Å²) in [5.74, 6) is 2.24. The van der Waals surface area contributed by atoms with Crippen LogP contribution in [0.3, 0.4) is 0 Å². The molecular formula is C16H23N5S. The molecule has 0 amide bonds. The van der Waals surface area contributed by atoms with Gasteiger partial charge in [-0.25, -0.2) is 15.0 Å². The van der Waals surface area contributed by atoms with Crippen LogP contribution in [0.25, 0.3) is 0 Å². The average molecular weight is 317 g/mol. The maximum absolute atomic E-state index is 4.74. The Morgan fingerprint density at radius 3 is 2.73 bits per heavy atom. The van der Waals surface area contributed by atoms with Crippen molar-refractivity contribution in [3.8, 4) is 0 Å². The van der Waals surface area contributed by atoms with E-state index in [1.165, 1.54) is 24.3 Å². The summed E-state index contributed by atoms with van der Waals surface area (Å²) in [6.07, 6.45) is 2.38. The number of rotatable bonds is 3. The minimum atomic E-state index is 0.430. The fraction of sp³-hybridized carbons (Fsp3) is 0.562. The van der Waals surface area contributed by atoms with Crippen molar-refractivity contribution in [2.75, 3.05) is 25.5 Å². The van der Waals surface area contributed by atoms with E-state index in [0.717, 1.165) is 34.7 Å². The molecule has 0 aromatic carbocycles. The van der Waals surface area contributed by atoms with Gasteiger partial charge in [0.1, 0.15) is 11.6 Å². The van der Waals surface area contributed by atoms with E-state index >= 15 is 0 Å². The highest BCUT2D eigenvalue weighted by Gasteiger charge is 2.22. The van der Waals surface area contributed by atoms with E-state index < -0.39 is 0 Å². The third-order valence-corrected chi connectivity index (χ3v) is 5.11. The molecule has 118 valence electrons. The van der Waals surface area contributed by atoms with Crippen LogP contribution in [0.1, 0.15) is 40.8 Å². The number of thiazole rings is 1. The van der Waals surface area contributed by atoms with E-state index in [0.29, 0.717) is 5.92 Å². The smallest absolute Gasteiger partial charge is 0.188 e. The van der Waals surface area contributed by atoms with Gasteiger partial charge in [-0.15, -0.1) is 11.3 Å². The number of piperidine rings is 1. The Balaban J connectivity index is 1.83. The van der Waals surface area contributed by atoms with Crippen molar-refractivity contribution >= 4 is 22.3 Å². The number of likely N-dealkylation sites (tertiary alicyclic amines) is 1. The molecule has 5 nitrogen and oxygen atoms in total. The molecule has 1 fully saturated rings. The van der Waals surface area contributed by atoms with Crippen LogP contribution in [-0.2, 0) is 0 Å². The normalized spacial score (nSPS) is 19.4. The minimum Gasteiger partial charge on any atom is -0.316 e. The quantitative estimate of drug-likeness (QED) is 0.940. The van der Waals surface area contributed by atoms with Crippen molar-refractivity contribution in [3.63, 3.8) is 0 Å². The molecule has 1 unspecified atom stereocenters. The van der Waals surface area contributed by atoms with Crippen LogP contribution in [-0.4, -0.2) is 40.0 Å². The molecule has 0 bridgehead atoms. The maximum Gasteiger partial charge on any atom is 0.188 e. The van der Waals surface area contributed by atoms with Gasteiger partial charge in [0.2, 0.25) is 0 Å². The molecule has 1 aliphatic heterocycles. The highest BCUT2D eigenvalue weighted by atomic mass is 32.1. The number of nitrogens with one attached hydrogen (secondary N) is 1. The maximum atomic E-state index is 4.74. The Bertz CT molecular complexity index is 647. The molecule has 1 aliphatic rings. The monoisotopic (exact) mass is 317 g/mol. The number of aromatic nitrogens is 3. The number of hydrogen-bond acceptors (Lipinski definition) is 6. The van der Waals surface area contributed by atoms with Gasteiger partial charge in [-0.05, 0) is 47.2 Å². The van der Waals surface area contributed by atoms with Gasteiger partial charge in [0.15, 0.2) is 5.13 Å². The minimum absolute atomic E-state index is 0.430. The van der Waals surface area contributed by atoms with Gasteiger partial charge in [-0.1, -0.05) is 0 Å². The molecule has 22 heavy (non-hydrogen) atoms. The Kier molecular flexibility index (Phi) is 4.40. The molecule has 1 saturated heterocycles. The first-order valence-corrected chi connectivity index (χ1v) is 8.58. The largest absolute Gasteiger partial charge is 0.316 e. The van der Waals surface area contributed by atoms with E-state index in [-0.39, 0.29) is 0 Å². The molecular weight excluding hydrogens is 294 g/mol. The topological polar surface area (TPSA) is 53.9 Å². The molecule has 0 spiro atoms. The van der Waals surface area contributed by atoms with Gasteiger partial charge >= 0.3 is 0 Å². The van der Waals surface area contributed by atoms with Crippen LogP contribution in [0.2, 0.25) is 0 Å². The summed E-state index contributed by atoms with van der Waals surface area (Å²) in [4.78, 5) is 17.5. The third kappa shape index (κ3) is 3.44. The molecule has 2 aromatic rings. The molecule has 0 aliphatic carbocycles. The predicted molar refractivity (Wildman–Crippen MR) is 91.1 cm³/mol. The molecule has 1 atom stereocenters. The highest BCUT2D eigenvalue weighted by molar-refractivity contribution is 7.15. The van der Waals surface area contributed by atoms with Gasteiger partial charge in [0, 0.05) is 29.1 Å². The van der Waals surface area contributed by atoms with Gasteiger partial charge in [0.25, 0.3) is 0 Å². The number of anilines is 2. The summed E-state index contributed by atoms with van der Waals surface area (Å²) >= 11 is 1.67. The van der Waals surface area contributed by atoms with Crippen LogP contribution < -0.4 is 5.32 Å². The fourth-order valence-corrected chi connectivity index (χ4v) is 3.67. The predicted octanol–water partition coefficient (Wildman–Crippen LogP) is 3.41. The van der Waals surface area contributed by atoms with Crippen molar-refractivity contribution in [2.24, 2.45) is 0 Å². The molecule has 3 heterocycles. The second-order valence-corrected chi connectivity index (χ2v) is 7.34. The lowest BCUT2D eigenvalue weighted by Gasteiger charge is -2.28. The first-order chi connectivity index (χ1) is 10.5. The van der Waals surface area contributed by atoms with E-state index in [4.69, 9.17) is 4.98 Å². The van der Waals surface area contributed by atoms with Crippen molar-refractivity contribution in [1.82, 2.24) is 19.9 Å². The van der Waals surface area contributed by atoms with Gasteiger partial charge in [-0.3, -0.25) is 0 Å². The lowest BCUT2D eigenvalue weighted by molar-refractivity contribution is 0.246. The van der Waals surface area contributed by atoms with E-state index in [1.807, 2.05) is 19.9 Å². The summed E-state index contributed by atoms with van der Waals surface area (Å²) in [5, 5.41) is 4.24. The van der Waals surface area contributed by atoms with Crippen LogP contribution >= 0.6 is 11.3 Å². The van der Waals surface area contributed by atoms with Gasteiger partial charge in [0.05, 0.1) is 5.69 Å². The zero-order valence-electron chi connectivity index (χ0n) is 13.7. The second kappa shape index (κ2) is 6.30. The third-order valence-electron chi connectivity index (χ3n) is 4.12. The molecule has 1 N–H and O–H groups in total. The Morgan fingerprint density at radius 2 is 2.05 bits per heavy atom. The van der Waals surface area contributed by atoms with Crippen molar-refractivity contribution < 1.29 is 0 Å². The van der Waals surface area contributed by atoms with E-state index in [1.54, 1.807) is 11.3 Å². The summed E-state index contributed by atoms with van der Waals surface area (Å²) in [6.45, 7) is 8.36. The summed E-state index contributed by atoms with van der Waals surface area (Å²) in [5.41, 5.74) is 2.08. The van der Waals surface area contributed by atoms with Crippen molar-refractivity contribution in [3.05, 3.63) is 28.2 Å². The fourth-order valence-electron chi connectivity index (χ4n) is 2.85. The van der Waals surface area contributed by atoms with Crippen LogP contribution in [0.5, 0.6) is 0 Å². The van der Waals surface area contributed by atoms with Crippen molar-refractivity contribution in [2.45, 2.75) is 39.5 Å². The zero-order valence-corrected chi connectivity index (χ0v) is 14.5. The Hall–Kier alpha value is -1.53. The van der Waals surface area contributed by atoms with Crippen LogP contribution in [0, 0.1) is 20.8 Å².